The van der Waals surface area contributed by atoms with E-state index in [1.807, 2.05) is 0 Å². The third kappa shape index (κ3) is 3.20. The van der Waals surface area contributed by atoms with Crippen molar-refractivity contribution in [2.75, 3.05) is 0 Å². The van der Waals surface area contributed by atoms with Gasteiger partial charge in [-0.1, -0.05) is 0 Å². The average Bonchev–Trinajstić information content (AvgIpc) is 2.28. The van der Waals surface area contributed by atoms with Crippen molar-refractivity contribution in [2.24, 2.45) is 0 Å². The zero-order valence-electron chi connectivity index (χ0n) is 9.16. The lowest BCUT2D eigenvalue weighted by Crippen LogP contribution is -2.06. The van der Waals surface area contributed by atoms with E-state index in [9.17, 15) is 13.6 Å². The molecule has 0 N–H and O–H groups in total. The van der Waals surface area contributed by atoms with Crippen LogP contribution in [0.3, 0.4) is 0 Å². The minimum Gasteiger partial charge on any atom is -0.292 e. The van der Waals surface area contributed by atoms with E-state index in [1.54, 1.807) is 12.1 Å². The molecule has 0 radical (unpaired) electrons. The molecule has 1 aromatic heterocycles. The number of hydrogen-bond acceptors (Lipinski definition) is 2. The van der Waals surface area contributed by atoms with Gasteiger partial charge >= 0.3 is 0 Å². The molecule has 0 spiro atoms. The van der Waals surface area contributed by atoms with Gasteiger partial charge in [0.1, 0.15) is 17.3 Å². The number of Topliss-reactive ketones (excluding diaryl/α,β-unsaturated/α-hetero) is 1. The summed E-state index contributed by atoms with van der Waals surface area (Å²) in [4.78, 5) is 15.8. The number of nitrogens with zero attached hydrogens (tertiary/aromatic N) is 1. The molecular formula is C13H8BrF2NO. The van der Waals surface area contributed by atoms with Gasteiger partial charge in [0, 0.05) is 23.2 Å². The summed E-state index contributed by atoms with van der Waals surface area (Å²) in [6.45, 7) is 0. The van der Waals surface area contributed by atoms with E-state index in [0.29, 0.717) is 5.56 Å². The number of carbonyl (C=O) groups is 1. The summed E-state index contributed by atoms with van der Waals surface area (Å²) in [5, 5.41) is 0. The monoisotopic (exact) mass is 311 g/mol. The standard InChI is InChI=1S/C13H8BrF2NO/c14-9-1-2-12(17-7-9)13(18)5-8-3-10(15)6-11(16)4-8/h1-4,6-7H,5H2. The molecule has 0 atom stereocenters. The molecule has 2 aromatic rings. The Morgan fingerprint density at radius 2 is 1.83 bits per heavy atom. The van der Waals surface area contributed by atoms with Gasteiger partial charge in [-0.05, 0) is 45.8 Å². The van der Waals surface area contributed by atoms with Gasteiger partial charge in [0.05, 0.1) is 0 Å². The van der Waals surface area contributed by atoms with Crippen LogP contribution in [0.1, 0.15) is 16.1 Å². The number of halogens is 3. The first-order valence-electron chi connectivity index (χ1n) is 5.14. The van der Waals surface area contributed by atoms with Crippen LogP contribution >= 0.6 is 15.9 Å². The van der Waals surface area contributed by atoms with Gasteiger partial charge in [0.2, 0.25) is 0 Å². The van der Waals surface area contributed by atoms with E-state index in [4.69, 9.17) is 0 Å². The average molecular weight is 312 g/mol. The van der Waals surface area contributed by atoms with Crippen LogP contribution in [-0.2, 0) is 6.42 Å². The van der Waals surface area contributed by atoms with Crippen molar-refractivity contribution < 1.29 is 13.6 Å². The molecule has 0 saturated heterocycles. The molecule has 0 bridgehead atoms. The van der Waals surface area contributed by atoms with Crippen molar-refractivity contribution in [3.63, 3.8) is 0 Å². The molecule has 0 aliphatic rings. The first kappa shape index (κ1) is 12.8. The van der Waals surface area contributed by atoms with Crippen LogP contribution in [0.2, 0.25) is 0 Å². The second kappa shape index (κ2) is 5.35. The van der Waals surface area contributed by atoms with E-state index >= 15 is 0 Å². The Morgan fingerprint density at radius 3 is 2.39 bits per heavy atom. The third-order valence-corrected chi connectivity index (χ3v) is 2.77. The van der Waals surface area contributed by atoms with Crippen LogP contribution in [0.4, 0.5) is 8.78 Å². The number of ketones is 1. The fourth-order valence-corrected chi connectivity index (χ4v) is 1.76. The summed E-state index contributed by atoms with van der Waals surface area (Å²) in [6.07, 6.45) is 1.42. The highest BCUT2D eigenvalue weighted by Gasteiger charge is 2.10. The summed E-state index contributed by atoms with van der Waals surface area (Å²) < 4.78 is 26.7. The smallest absolute Gasteiger partial charge is 0.185 e. The van der Waals surface area contributed by atoms with Crippen LogP contribution in [0.25, 0.3) is 0 Å². The molecule has 18 heavy (non-hydrogen) atoms. The van der Waals surface area contributed by atoms with Crippen molar-refractivity contribution in [1.29, 1.82) is 0 Å². The SMILES string of the molecule is O=C(Cc1cc(F)cc(F)c1)c1ccc(Br)cn1. The zero-order valence-corrected chi connectivity index (χ0v) is 10.7. The molecule has 0 unspecified atom stereocenters. The Kier molecular flexibility index (Phi) is 3.81. The Hall–Kier alpha value is -1.62. The zero-order chi connectivity index (χ0) is 13.1. The Balaban J connectivity index is 2.18. The third-order valence-electron chi connectivity index (χ3n) is 2.30. The van der Waals surface area contributed by atoms with Gasteiger partial charge in [-0.25, -0.2) is 8.78 Å². The van der Waals surface area contributed by atoms with Gasteiger partial charge in [-0.3, -0.25) is 9.78 Å². The molecule has 2 nitrogen and oxygen atoms in total. The Labute approximate surface area is 111 Å². The maximum Gasteiger partial charge on any atom is 0.185 e. The topological polar surface area (TPSA) is 30.0 Å². The fraction of sp³-hybridized carbons (Fsp3) is 0.0769. The maximum atomic E-state index is 13.0. The van der Waals surface area contributed by atoms with Crippen LogP contribution < -0.4 is 0 Å². The number of rotatable bonds is 3. The van der Waals surface area contributed by atoms with Crippen molar-refractivity contribution >= 4 is 21.7 Å². The molecule has 0 fully saturated rings. The first-order valence-corrected chi connectivity index (χ1v) is 5.93. The lowest BCUT2D eigenvalue weighted by Gasteiger charge is -2.02. The number of pyridine rings is 1. The minimum atomic E-state index is -0.693. The summed E-state index contributed by atoms with van der Waals surface area (Å²) in [5.41, 5.74) is 0.560. The predicted octanol–water partition coefficient (Wildman–Crippen LogP) is 3.55. The Morgan fingerprint density at radius 1 is 1.17 bits per heavy atom. The number of aromatic nitrogens is 1. The summed E-state index contributed by atoms with van der Waals surface area (Å²) >= 11 is 3.21. The van der Waals surface area contributed by atoms with Crippen molar-refractivity contribution in [3.05, 3.63) is 63.9 Å². The summed E-state index contributed by atoms with van der Waals surface area (Å²) in [5.74, 6) is -1.67. The van der Waals surface area contributed by atoms with Gasteiger partial charge in [-0.2, -0.15) is 0 Å². The van der Waals surface area contributed by atoms with Crippen LogP contribution in [0.15, 0.2) is 41.0 Å². The van der Waals surface area contributed by atoms with E-state index in [0.717, 1.165) is 22.7 Å². The van der Waals surface area contributed by atoms with Gasteiger partial charge in [0.15, 0.2) is 5.78 Å². The van der Waals surface area contributed by atoms with Crippen molar-refractivity contribution in [3.8, 4) is 0 Å². The largest absolute Gasteiger partial charge is 0.292 e. The minimum absolute atomic E-state index is 0.0800. The van der Waals surface area contributed by atoms with E-state index in [2.05, 4.69) is 20.9 Å². The van der Waals surface area contributed by atoms with Crippen LogP contribution in [-0.4, -0.2) is 10.8 Å². The van der Waals surface area contributed by atoms with Crippen LogP contribution in [0, 0.1) is 11.6 Å². The highest BCUT2D eigenvalue weighted by atomic mass is 79.9. The van der Waals surface area contributed by atoms with E-state index in [1.165, 1.54) is 6.20 Å². The molecule has 2 rings (SSSR count). The van der Waals surface area contributed by atoms with E-state index < -0.39 is 11.6 Å². The van der Waals surface area contributed by atoms with Gasteiger partial charge in [-0.15, -0.1) is 0 Å². The quantitative estimate of drug-likeness (QED) is 0.811. The predicted molar refractivity (Wildman–Crippen MR) is 66.3 cm³/mol. The highest BCUT2D eigenvalue weighted by molar-refractivity contribution is 9.10. The second-order valence-electron chi connectivity index (χ2n) is 3.74. The first-order chi connectivity index (χ1) is 8.54. The van der Waals surface area contributed by atoms with E-state index in [-0.39, 0.29) is 17.9 Å². The Bertz CT molecular complexity index is 564. The van der Waals surface area contributed by atoms with Crippen LogP contribution in [0.5, 0.6) is 0 Å². The summed E-state index contributed by atoms with van der Waals surface area (Å²) in [7, 11) is 0. The van der Waals surface area contributed by atoms with Crippen molar-refractivity contribution in [2.45, 2.75) is 6.42 Å². The summed E-state index contributed by atoms with van der Waals surface area (Å²) in [6, 6.07) is 6.29. The lowest BCUT2D eigenvalue weighted by atomic mass is 10.1. The second-order valence-corrected chi connectivity index (χ2v) is 4.65. The number of carbonyl (C=O) groups excluding carboxylic acids is 1. The molecular weight excluding hydrogens is 304 g/mol. The number of benzene rings is 1. The lowest BCUT2D eigenvalue weighted by molar-refractivity contribution is 0.0988. The maximum absolute atomic E-state index is 13.0. The molecule has 0 aliphatic carbocycles. The normalized spacial score (nSPS) is 10.4. The molecule has 92 valence electrons. The molecule has 5 heteroatoms. The fourth-order valence-electron chi connectivity index (χ4n) is 1.53. The van der Waals surface area contributed by atoms with Crippen molar-refractivity contribution in [1.82, 2.24) is 4.98 Å². The molecule has 0 amide bonds. The highest BCUT2D eigenvalue weighted by Crippen LogP contribution is 2.12. The molecule has 0 aliphatic heterocycles. The van der Waals surface area contributed by atoms with Gasteiger partial charge in [0.25, 0.3) is 0 Å². The van der Waals surface area contributed by atoms with Gasteiger partial charge < -0.3 is 0 Å². The molecule has 0 saturated carbocycles. The molecule has 1 heterocycles. The number of hydrogen-bond donors (Lipinski definition) is 0. The molecule has 1 aromatic carbocycles.